The van der Waals surface area contributed by atoms with Crippen LogP contribution in [-0.4, -0.2) is 16.2 Å². The Morgan fingerprint density at radius 1 is 1.54 bits per heavy atom. The summed E-state index contributed by atoms with van der Waals surface area (Å²) in [6.07, 6.45) is 2.85. The minimum absolute atomic E-state index is 0.297. The summed E-state index contributed by atoms with van der Waals surface area (Å²) in [6, 6.07) is 1.78. The van der Waals surface area contributed by atoms with E-state index in [1.807, 2.05) is 0 Å². The minimum Gasteiger partial charge on any atom is -0.393 e. The Bertz CT molecular complexity index is 289. The molecule has 13 heavy (non-hydrogen) atoms. The smallest absolute Gasteiger partial charge is 0.147 e. The van der Waals surface area contributed by atoms with E-state index >= 15 is 0 Å². The van der Waals surface area contributed by atoms with Crippen molar-refractivity contribution in [2.24, 2.45) is 0 Å². The summed E-state index contributed by atoms with van der Waals surface area (Å²) in [6.45, 7) is 1.75. The summed E-state index contributed by atoms with van der Waals surface area (Å²) < 4.78 is 0. The molecular formula is C9H11Cl2NO. The average molecular weight is 220 g/mol. The van der Waals surface area contributed by atoms with Gasteiger partial charge in [-0.05, 0) is 31.4 Å². The van der Waals surface area contributed by atoms with Crippen LogP contribution in [0.5, 0.6) is 0 Å². The molecule has 1 rings (SSSR count). The standard InChI is InChI=1S/C9H11Cl2NO/c1-6(13)2-3-7-4-8(10)9(11)12-5-7/h4-6,13H,2-3H2,1H3/t6-/m0/s1. The van der Waals surface area contributed by atoms with Crippen LogP contribution in [0.15, 0.2) is 12.3 Å². The predicted molar refractivity (Wildman–Crippen MR) is 54.3 cm³/mol. The van der Waals surface area contributed by atoms with E-state index in [0.29, 0.717) is 16.6 Å². The van der Waals surface area contributed by atoms with Gasteiger partial charge in [-0.3, -0.25) is 0 Å². The second kappa shape index (κ2) is 4.80. The zero-order chi connectivity index (χ0) is 9.84. The highest BCUT2D eigenvalue weighted by Gasteiger charge is 2.02. The van der Waals surface area contributed by atoms with Gasteiger partial charge in [-0.25, -0.2) is 4.98 Å². The van der Waals surface area contributed by atoms with Crippen LogP contribution in [0, 0.1) is 0 Å². The fraction of sp³-hybridized carbons (Fsp3) is 0.444. The Morgan fingerprint density at radius 3 is 2.77 bits per heavy atom. The lowest BCUT2D eigenvalue weighted by Gasteiger charge is -2.04. The molecule has 2 nitrogen and oxygen atoms in total. The van der Waals surface area contributed by atoms with E-state index in [-0.39, 0.29) is 6.10 Å². The molecule has 0 unspecified atom stereocenters. The SMILES string of the molecule is C[C@H](O)CCc1cnc(Cl)c(Cl)c1. The van der Waals surface area contributed by atoms with Gasteiger partial charge >= 0.3 is 0 Å². The first-order chi connectivity index (χ1) is 6.09. The van der Waals surface area contributed by atoms with E-state index < -0.39 is 0 Å². The molecule has 0 fully saturated rings. The molecule has 0 bridgehead atoms. The number of aliphatic hydroxyl groups excluding tert-OH is 1. The molecular weight excluding hydrogens is 209 g/mol. The molecule has 0 radical (unpaired) electrons. The van der Waals surface area contributed by atoms with Crippen LogP contribution in [0.4, 0.5) is 0 Å². The highest BCUT2D eigenvalue weighted by molar-refractivity contribution is 6.41. The zero-order valence-corrected chi connectivity index (χ0v) is 8.81. The Balaban J connectivity index is 2.63. The number of aromatic nitrogens is 1. The van der Waals surface area contributed by atoms with Gasteiger partial charge in [0.1, 0.15) is 5.15 Å². The fourth-order valence-electron chi connectivity index (χ4n) is 0.973. The van der Waals surface area contributed by atoms with E-state index in [1.54, 1.807) is 19.2 Å². The maximum Gasteiger partial charge on any atom is 0.147 e. The van der Waals surface area contributed by atoms with Gasteiger partial charge in [0.15, 0.2) is 0 Å². The number of halogens is 2. The van der Waals surface area contributed by atoms with Crippen molar-refractivity contribution >= 4 is 23.2 Å². The molecule has 0 aliphatic rings. The van der Waals surface area contributed by atoms with Crippen molar-refractivity contribution in [3.63, 3.8) is 0 Å². The zero-order valence-electron chi connectivity index (χ0n) is 7.30. The second-order valence-corrected chi connectivity index (χ2v) is 3.77. The number of aliphatic hydroxyl groups is 1. The molecule has 0 saturated heterocycles. The van der Waals surface area contributed by atoms with Crippen molar-refractivity contribution in [3.05, 3.63) is 28.0 Å². The molecule has 0 amide bonds. The van der Waals surface area contributed by atoms with Crippen LogP contribution in [0.2, 0.25) is 10.2 Å². The van der Waals surface area contributed by atoms with Crippen molar-refractivity contribution < 1.29 is 5.11 Å². The topological polar surface area (TPSA) is 33.1 Å². The molecule has 1 aromatic heterocycles. The van der Waals surface area contributed by atoms with Crippen LogP contribution >= 0.6 is 23.2 Å². The molecule has 0 aliphatic carbocycles. The Labute approximate surface area is 87.5 Å². The van der Waals surface area contributed by atoms with Gasteiger partial charge in [-0.1, -0.05) is 23.2 Å². The second-order valence-electron chi connectivity index (χ2n) is 3.00. The third-order valence-electron chi connectivity index (χ3n) is 1.70. The molecule has 1 N–H and O–H groups in total. The van der Waals surface area contributed by atoms with Crippen molar-refractivity contribution in [1.82, 2.24) is 4.98 Å². The summed E-state index contributed by atoms with van der Waals surface area (Å²) in [7, 11) is 0. The van der Waals surface area contributed by atoms with E-state index in [1.165, 1.54) is 0 Å². The van der Waals surface area contributed by atoms with Crippen LogP contribution in [0.25, 0.3) is 0 Å². The van der Waals surface area contributed by atoms with Crippen molar-refractivity contribution in [3.8, 4) is 0 Å². The third kappa shape index (κ3) is 3.51. The van der Waals surface area contributed by atoms with E-state index in [0.717, 1.165) is 12.0 Å². The van der Waals surface area contributed by atoms with Gasteiger partial charge in [0.05, 0.1) is 11.1 Å². The number of rotatable bonds is 3. The maximum absolute atomic E-state index is 9.06. The van der Waals surface area contributed by atoms with Crippen LogP contribution in [0.3, 0.4) is 0 Å². The maximum atomic E-state index is 9.06. The predicted octanol–water partition coefficient (Wildman–Crippen LogP) is 2.70. The van der Waals surface area contributed by atoms with Crippen molar-refractivity contribution in [1.29, 1.82) is 0 Å². The Hall–Kier alpha value is -0.310. The summed E-state index contributed by atoms with van der Waals surface area (Å²) in [5, 5.41) is 9.84. The van der Waals surface area contributed by atoms with Gasteiger partial charge in [0.25, 0.3) is 0 Å². The van der Waals surface area contributed by atoms with Crippen LogP contribution in [0.1, 0.15) is 18.9 Å². The normalized spacial score (nSPS) is 12.9. The van der Waals surface area contributed by atoms with E-state index in [9.17, 15) is 0 Å². The number of nitrogens with zero attached hydrogens (tertiary/aromatic N) is 1. The molecule has 0 aromatic carbocycles. The number of aryl methyl sites for hydroxylation is 1. The number of pyridine rings is 1. The Kier molecular flexibility index (Phi) is 3.97. The first-order valence-electron chi connectivity index (χ1n) is 4.07. The third-order valence-corrected chi connectivity index (χ3v) is 2.39. The number of hydrogen-bond acceptors (Lipinski definition) is 2. The van der Waals surface area contributed by atoms with Gasteiger partial charge in [-0.15, -0.1) is 0 Å². The van der Waals surface area contributed by atoms with E-state index in [2.05, 4.69) is 4.98 Å². The van der Waals surface area contributed by atoms with Gasteiger partial charge in [0.2, 0.25) is 0 Å². The molecule has 72 valence electrons. The summed E-state index contributed by atoms with van der Waals surface area (Å²) in [5.41, 5.74) is 0.996. The lowest BCUT2D eigenvalue weighted by atomic mass is 10.1. The Morgan fingerprint density at radius 2 is 2.23 bits per heavy atom. The van der Waals surface area contributed by atoms with Gasteiger partial charge < -0.3 is 5.11 Å². The van der Waals surface area contributed by atoms with Crippen molar-refractivity contribution in [2.45, 2.75) is 25.9 Å². The minimum atomic E-state index is -0.297. The molecule has 1 aromatic rings. The monoisotopic (exact) mass is 219 g/mol. The average Bonchev–Trinajstić information content (AvgIpc) is 2.07. The lowest BCUT2D eigenvalue weighted by Crippen LogP contribution is -2.01. The van der Waals surface area contributed by atoms with Crippen LogP contribution in [-0.2, 0) is 6.42 Å². The first kappa shape index (κ1) is 10.8. The van der Waals surface area contributed by atoms with Crippen LogP contribution < -0.4 is 0 Å². The summed E-state index contributed by atoms with van der Waals surface area (Å²) in [4.78, 5) is 3.91. The van der Waals surface area contributed by atoms with Crippen molar-refractivity contribution in [2.75, 3.05) is 0 Å². The lowest BCUT2D eigenvalue weighted by molar-refractivity contribution is 0.185. The quantitative estimate of drug-likeness (QED) is 0.794. The largest absolute Gasteiger partial charge is 0.393 e. The molecule has 0 aliphatic heterocycles. The molecule has 1 atom stereocenters. The number of hydrogen-bond donors (Lipinski definition) is 1. The van der Waals surface area contributed by atoms with Gasteiger partial charge in [-0.2, -0.15) is 0 Å². The summed E-state index contributed by atoms with van der Waals surface area (Å²) in [5.74, 6) is 0. The molecule has 4 heteroatoms. The summed E-state index contributed by atoms with van der Waals surface area (Å²) >= 11 is 11.4. The molecule has 0 spiro atoms. The first-order valence-corrected chi connectivity index (χ1v) is 4.83. The van der Waals surface area contributed by atoms with E-state index in [4.69, 9.17) is 28.3 Å². The molecule has 0 saturated carbocycles. The van der Waals surface area contributed by atoms with Gasteiger partial charge in [0, 0.05) is 6.20 Å². The highest BCUT2D eigenvalue weighted by atomic mass is 35.5. The fourth-order valence-corrected chi connectivity index (χ4v) is 1.27. The highest BCUT2D eigenvalue weighted by Crippen LogP contribution is 2.20. The molecule has 1 heterocycles.